The predicted octanol–water partition coefficient (Wildman–Crippen LogP) is 5.30. The minimum absolute atomic E-state index is 0.0305. The van der Waals surface area contributed by atoms with Crippen molar-refractivity contribution in [1.82, 2.24) is 19.8 Å². The molecule has 2 aromatic carbocycles. The number of aryl methyl sites for hydroxylation is 1. The Hall–Kier alpha value is -4.71. The van der Waals surface area contributed by atoms with Gasteiger partial charge < -0.3 is 29.4 Å². The van der Waals surface area contributed by atoms with Crippen molar-refractivity contribution in [3.05, 3.63) is 92.5 Å². The van der Waals surface area contributed by atoms with Gasteiger partial charge in [0.2, 0.25) is 0 Å². The number of hydrogen-bond donors (Lipinski definition) is 2. The number of nitrogens with zero attached hydrogens (tertiary/aromatic N) is 4. The molecule has 2 aromatic heterocycles. The first-order chi connectivity index (χ1) is 25.5. The molecule has 2 fully saturated rings. The van der Waals surface area contributed by atoms with Crippen LogP contribution in [0.1, 0.15) is 27.0 Å². The highest BCUT2D eigenvalue weighted by atomic mass is 35.5. The highest BCUT2D eigenvalue weighted by Crippen LogP contribution is 2.38. The summed E-state index contributed by atoms with van der Waals surface area (Å²) in [5, 5.41) is 13.0. The smallest absolute Gasteiger partial charge is 0.417 e. The van der Waals surface area contributed by atoms with E-state index in [-0.39, 0.29) is 59.0 Å². The summed E-state index contributed by atoms with van der Waals surface area (Å²) in [5.74, 6) is -2.35. The Bertz CT molecular complexity index is 2120. The Balaban J connectivity index is 1.36. The Morgan fingerprint density at radius 3 is 2.41 bits per heavy atom. The van der Waals surface area contributed by atoms with Gasteiger partial charge in [-0.2, -0.15) is 26.3 Å². The van der Waals surface area contributed by atoms with E-state index in [0.717, 1.165) is 21.7 Å². The number of carbonyl (C=O) groups excluding carboxylic acids is 1. The van der Waals surface area contributed by atoms with Gasteiger partial charge in [-0.3, -0.25) is 19.5 Å². The van der Waals surface area contributed by atoms with Crippen molar-refractivity contribution < 1.29 is 50.5 Å². The summed E-state index contributed by atoms with van der Waals surface area (Å²) in [6.45, 7) is 1.12. The van der Waals surface area contributed by atoms with Crippen LogP contribution in [0.4, 0.5) is 32.0 Å². The van der Waals surface area contributed by atoms with Crippen molar-refractivity contribution >= 4 is 39.9 Å². The number of anilines is 1. The van der Waals surface area contributed by atoms with E-state index in [1.807, 2.05) is 4.90 Å². The molecule has 4 heterocycles. The first-order valence-corrected chi connectivity index (χ1v) is 17.1. The number of ether oxygens (including phenoxy) is 2. The van der Waals surface area contributed by atoms with Crippen molar-refractivity contribution in [2.75, 3.05) is 51.0 Å². The number of nitrogens with one attached hydrogen (secondary N) is 1. The van der Waals surface area contributed by atoms with Gasteiger partial charge in [0.1, 0.15) is 12.1 Å². The number of fused-ring (bicyclic) bond motifs is 1. The molecular weight excluding hydrogens is 748 g/mol. The number of aliphatic carboxylic acids is 1. The molecule has 2 saturated heterocycles. The standard InChI is InChI=1S/C36H34ClF6N5O6/c1-46-8-6-25(35(38,39)40)30(33(46)50)31-24-4-2-3-20(23(24)5-7-44-31)16-27(34(51)52)45-32(49)29-21(18-47-9-12-53-13-10-47)15-22(17-26(29)37)48-11-14-54-19-28(48)36(41,42)43/h2-8,15,17,27-28H,9-14,16,18-19H2,1H3,(H,45,49)(H,51,52)/t27-,28+/m0/s1. The third-order valence-electron chi connectivity index (χ3n) is 9.45. The van der Waals surface area contributed by atoms with Crippen LogP contribution in [0.15, 0.2) is 59.7 Å². The summed E-state index contributed by atoms with van der Waals surface area (Å²) in [4.78, 5) is 46.8. The first kappa shape index (κ1) is 39.0. The van der Waals surface area contributed by atoms with Crippen molar-refractivity contribution in [2.24, 2.45) is 7.05 Å². The molecule has 1 amide bonds. The van der Waals surface area contributed by atoms with Gasteiger partial charge in [0.05, 0.1) is 53.8 Å². The second-order valence-electron chi connectivity index (χ2n) is 12.9. The number of amides is 1. The molecule has 6 rings (SSSR count). The molecule has 4 aromatic rings. The van der Waals surface area contributed by atoms with Crippen molar-refractivity contribution in [3.8, 4) is 11.3 Å². The number of rotatable bonds is 9. The molecule has 0 spiro atoms. The van der Waals surface area contributed by atoms with Gasteiger partial charge in [0.15, 0.2) is 0 Å². The molecule has 54 heavy (non-hydrogen) atoms. The summed E-state index contributed by atoms with van der Waals surface area (Å²) in [5.41, 5.74) is -2.50. The van der Waals surface area contributed by atoms with Crippen molar-refractivity contribution in [2.45, 2.75) is 37.4 Å². The van der Waals surface area contributed by atoms with Gasteiger partial charge in [-0.25, -0.2) is 4.79 Å². The van der Waals surface area contributed by atoms with Crippen LogP contribution >= 0.6 is 11.6 Å². The molecule has 2 aliphatic rings. The molecule has 11 nitrogen and oxygen atoms in total. The maximum absolute atomic E-state index is 14.1. The van der Waals surface area contributed by atoms with Gasteiger partial charge in [-0.1, -0.05) is 29.8 Å². The average molecular weight is 782 g/mol. The van der Waals surface area contributed by atoms with Crippen LogP contribution in [0.25, 0.3) is 22.0 Å². The zero-order chi connectivity index (χ0) is 38.9. The number of pyridine rings is 2. The minimum atomic E-state index is -4.88. The first-order valence-electron chi connectivity index (χ1n) is 16.8. The Morgan fingerprint density at radius 1 is 1.00 bits per heavy atom. The molecule has 18 heteroatoms. The second kappa shape index (κ2) is 15.6. The topological polar surface area (TPSA) is 126 Å². The van der Waals surface area contributed by atoms with Crippen LogP contribution in [0.2, 0.25) is 5.02 Å². The van der Waals surface area contributed by atoms with Gasteiger partial charge in [0.25, 0.3) is 11.5 Å². The number of halogens is 7. The number of hydrogen-bond acceptors (Lipinski definition) is 8. The number of carbonyl (C=O) groups is 2. The van der Waals surface area contributed by atoms with E-state index in [9.17, 15) is 45.8 Å². The van der Waals surface area contributed by atoms with E-state index >= 15 is 0 Å². The van der Waals surface area contributed by atoms with Crippen LogP contribution in [0, 0.1) is 0 Å². The number of carboxylic acids is 1. The van der Waals surface area contributed by atoms with Crippen LogP contribution in [-0.4, -0.2) is 95.8 Å². The molecule has 2 atom stereocenters. The van der Waals surface area contributed by atoms with E-state index in [4.69, 9.17) is 21.1 Å². The highest BCUT2D eigenvalue weighted by Gasteiger charge is 2.46. The van der Waals surface area contributed by atoms with E-state index in [1.165, 1.54) is 49.6 Å². The monoisotopic (exact) mass is 781 g/mol. The van der Waals surface area contributed by atoms with Crippen LogP contribution in [-0.2, 0) is 40.5 Å². The largest absolute Gasteiger partial charge is 0.480 e. The molecule has 2 N–H and O–H groups in total. The van der Waals surface area contributed by atoms with E-state index in [1.54, 1.807) is 0 Å². The highest BCUT2D eigenvalue weighted by molar-refractivity contribution is 6.34. The lowest BCUT2D eigenvalue weighted by atomic mass is 9.95. The third-order valence-corrected chi connectivity index (χ3v) is 9.75. The summed E-state index contributed by atoms with van der Waals surface area (Å²) < 4.78 is 95.7. The predicted molar refractivity (Wildman–Crippen MR) is 186 cm³/mol. The molecule has 2 aliphatic heterocycles. The SMILES string of the molecule is Cn1ccc(C(F)(F)F)c(-c2nccc3c(C[C@H](NC(=O)c4c(Cl)cc(N5CCOC[C@@H]5C(F)(F)F)cc4CN4CCOCC4)C(=O)O)cccc23)c1=O. The van der Waals surface area contributed by atoms with E-state index in [2.05, 4.69) is 10.3 Å². The van der Waals surface area contributed by atoms with Crippen LogP contribution in [0.5, 0.6) is 0 Å². The van der Waals surface area contributed by atoms with E-state index < -0.39 is 59.6 Å². The number of carboxylic acid groups (broad SMARTS) is 1. The van der Waals surface area contributed by atoms with Gasteiger partial charge in [-0.15, -0.1) is 0 Å². The summed E-state index contributed by atoms with van der Waals surface area (Å²) in [6.07, 6.45) is -7.66. The lowest BCUT2D eigenvalue weighted by molar-refractivity contribution is -0.167. The minimum Gasteiger partial charge on any atom is -0.480 e. The quantitative estimate of drug-likeness (QED) is 0.218. The lowest BCUT2D eigenvalue weighted by Crippen LogP contribution is -2.53. The Labute approximate surface area is 309 Å². The number of morpholine rings is 2. The zero-order valence-electron chi connectivity index (χ0n) is 28.6. The second-order valence-corrected chi connectivity index (χ2v) is 13.3. The number of alkyl halides is 6. The Morgan fingerprint density at radius 2 is 1.72 bits per heavy atom. The molecule has 0 bridgehead atoms. The molecule has 0 unspecified atom stereocenters. The maximum atomic E-state index is 14.1. The molecule has 0 radical (unpaired) electrons. The average Bonchev–Trinajstić information content (AvgIpc) is 3.11. The van der Waals surface area contributed by atoms with Gasteiger partial charge >= 0.3 is 18.3 Å². The summed E-state index contributed by atoms with van der Waals surface area (Å²) in [7, 11) is 1.30. The fourth-order valence-corrected chi connectivity index (χ4v) is 7.09. The fourth-order valence-electron chi connectivity index (χ4n) is 6.77. The maximum Gasteiger partial charge on any atom is 0.417 e. The molecule has 288 valence electrons. The van der Waals surface area contributed by atoms with Crippen molar-refractivity contribution in [3.63, 3.8) is 0 Å². The van der Waals surface area contributed by atoms with Crippen LogP contribution < -0.4 is 15.8 Å². The fraction of sp³-hybridized carbons (Fsp3) is 0.389. The molecular formula is C36H34ClF6N5O6. The number of aromatic nitrogens is 2. The normalized spacial score (nSPS) is 17.8. The Kier molecular flexibility index (Phi) is 11.2. The lowest BCUT2D eigenvalue weighted by Gasteiger charge is -2.38. The molecule has 0 aliphatic carbocycles. The summed E-state index contributed by atoms with van der Waals surface area (Å²) in [6, 6.07) is 5.82. The van der Waals surface area contributed by atoms with E-state index in [0.29, 0.717) is 37.3 Å². The van der Waals surface area contributed by atoms with Crippen molar-refractivity contribution in [1.29, 1.82) is 0 Å². The van der Waals surface area contributed by atoms with Crippen LogP contribution in [0.3, 0.4) is 0 Å². The van der Waals surface area contributed by atoms with Gasteiger partial charge in [-0.05, 0) is 40.8 Å². The number of benzene rings is 2. The third kappa shape index (κ3) is 8.18. The summed E-state index contributed by atoms with van der Waals surface area (Å²) >= 11 is 6.67. The molecule has 0 saturated carbocycles. The van der Waals surface area contributed by atoms with Gasteiger partial charge in [0, 0.05) is 63.1 Å². The zero-order valence-corrected chi connectivity index (χ0v) is 29.4.